The zero-order valence-electron chi connectivity index (χ0n) is 57.2. The molecular formula is C76H104Cl8N8O4. The van der Waals surface area contributed by atoms with Crippen LogP contribution in [0.1, 0.15) is 176 Å². The molecule has 20 heteroatoms. The second-order valence-corrected chi connectivity index (χ2v) is 31.6. The van der Waals surface area contributed by atoms with Gasteiger partial charge in [-0.2, -0.15) is 0 Å². The summed E-state index contributed by atoms with van der Waals surface area (Å²) in [5.41, 5.74) is 3.70. The molecule has 0 spiro atoms. The van der Waals surface area contributed by atoms with Gasteiger partial charge >= 0.3 is 0 Å². The number of carbonyl (C=O) groups excluding carboxylic acids is 4. The Morgan fingerprint density at radius 3 is 0.635 bits per heavy atom. The van der Waals surface area contributed by atoms with E-state index in [4.69, 9.17) is 92.8 Å². The smallest absolute Gasteiger partial charge is 0.227 e. The highest BCUT2D eigenvalue weighted by molar-refractivity contribution is 6.43. The van der Waals surface area contributed by atoms with Crippen LogP contribution in [0, 0.1) is 0 Å². The highest BCUT2D eigenvalue weighted by Gasteiger charge is 2.40. The van der Waals surface area contributed by atoms with Crippen LogP contribution in [0.3, 0.4) is 0 Å². The number of amides is 4. The van der Waals surface area contributed by atoms with Crippen molar-refractivity contribution in [3.8, 4) is 0 Å². The summed E-state index contributed by atoms with van der Waals surface area (Å²) < 4.78 is 0. The standard InChI is InChI=1S/4C19H26Cl2N2O/c4*1-22(19(24)13-14-8-9-15(20)16(21)12-14)17-6-2-3-7-18(17)23-10-4-5-11-23/h4*8-9,12,17-18H,2-7,10-11,13H2,1H3/t4*17-,18-/m0000/s1. The fourth-order valence-electron chi connectivity index (χ4n) is 16.7. The monoisotopic (exact) mass is 1470 g/mol. The van der Waals surface area contributed by atoms with Crippen LogP contribution in [0.15, 0.2) is 72.8 Å². The molecular weight excluding hydrogens is 1370 g/mol. The van der Waals surface area contributed by atoms with Crippen LogP contribution in [-0.4, -0.2) is 192 Å². The minimum absolute atomic E-state index is 0.171. The van der Waals surface area contributed by atoms with E-state index in [2.05, 4.69) is 19.6 Å². The summed E-state index contributed by atoms with van der Waals surface area (Å²) in [7, 11) is 7.88. The minimum atomic E-state index is 0.171. The molecule has 0 radical (unpaired) electrons. The molecule has 0 aromatic heterocycles. The van der Waals surface area contributed by atoms with Crippen molar-refractivity contribution in [2.24, 2.45) is 0 Å². The summed E-state index contributed by atoms with van der Waals surface area (Å²) >= 11 is 48.1. The number of benzene rings is 4. The molecule has 12 rings (SSSR count). The first-order chi connectivity index (χ1) is 46.2. The van der Waals surface area contributed by atoms with E-state index in [0.29, 0.717) is 114 Å². The van der Waals surface area contributed by atoms with Gasteiger partial charge in [-0.05, 0) is 226 Å². The number of likely N-dealkylation sites (N-methyl/N-ethyl adjacent to an activating group) is 4. The maximum absolute atomic E-state index is 12.8. The number of carbonyl (C=O) groups is 4. The summed E-state index contributed by atoms with van der Waals surface area (Å²) in [4.78, 5) is 69.6. The summed E-state index contributed by atoms with van der Waals surface area (Å²) in [5, 5.41) is 4.17. The highest BCUT2D eigenvalue weighted by atomic mass is 35.5. The van der Waals surface area contributed by atoms with Gasteiger partial charge in [0.1, 0.15) is 0 Å². The van der Waals surface area contributed by atoms with Gasteiger partial charge in [0.2, 0.25) is 23.6 Å². The summed E-state index contributed by atoms with van der Waals surface area (Å²) in [5.74, 6) is 0.683. The van der Waals surface area contributed by atoms with Crippen molar-refractivity contribution >= 4 is 116 Å². The van der Waals surface area contributed by atoms with Crippen LogP contribution >= 0.6 is 92.8 Å². The topological polar surface area (TPSA) is 94.2 Å². The molecule has 4 aromatic carbocycles. The normalized spacial score (nSPS) is 25.0. The van der Waals surface area contributed by atoms with Crippen molar-refractivity contribution in [2.45, 2.75) is 228 Å². The van der Waals surface area contributed by atoms with Gasteiger partial charge in [-0.25, -0.2) is 0 Å². The molecule has 96 heavy (non-hydrogen) atoms. The third-order valence-corrected chi connectivity index (χ3v) is 25.1. The lowest BCUT2D eigenvalue weighted by Crippen LogP contribution is -2.53. The Morgan fingerprint density at radius 2 is 0.458 bits per heavy atom. The lowest BCUT2D eigenvalue weighted by molar-refractivity contribution is -0.134. The number of likely N-dealkylation sites (tertiary alicyclic amines) is 4. The van der Waals surface area contributed by atoms with Crippen molar-refractivity contribution in [2.75, 3.05) is 80.5 Å². The molecule has 4 aliphatic carbocycles. The number of halogens is 8. The van der Waals surface area contributed by atoms with Crippen LogP contribution in [0.2, 0.25) is 40.2 Å². The van der Waals surface area contributed by atoms with E-state index in [1.165, 1.54) is 181 Å². The molecule has 4 heterocycles. The molecule has 4 aromatic rings. The molecule has 8 fully saturated rings. The van der Waals surface area contributed by atoms with Gasteiger partial charge in [0, 0.05) is 76.5 Å². The third-order valence-electron chi connectivity index (χ3n) is 22.1. The maximum Gasteiger partial charge on any atom is 0.227 e. The van der Waals surface area contributed by atoms with Crippen molar-refractivity contribution in [1.29, 1.82) is 0 Å². The number of hydrogen-bond acceptors (Lipinski definition) is 8. The van der Waals surface area contributed by atoms with Crippen LogP contribution < -0.4 is 0 Å². The molecule has 8 atom stereocenters. The van der Waals surface area contributed by atoms with E-state index in [1.807, 2.05) is 72.1 Å². The Bertz CT molecular complexity index is 2760. The quantitative estimate of drug-likeness (QED) is 0.110. The predicted molar refractivity (Wildman–Crippen MR) is 399 cm³/mol. The molecule has 4 amide bonds. The largest absolute Gasteiger partial charge is 0.341 e. The van der Waals surface area contributed by atoms with Gasteiger partial charge < -0.3 is 19.6 Å². The van der Waals surface area contributed by atoms with Crippen molar-refractivity contribution < 1.29 is 19.2 Å². The van der Waals surface area contributed by atoms with Gasteiger partial charge in [0.25, 0.3) is 0 Å². The number of hydrogen-bond donors (Lipinski definition) is 0. The summed E-state index contributed by atoms with van der Waals surface area (Å²) in [6.45, 7) is 9.52. The summed E-state index contributed by atoms with van der Waals surface area (Å²) in [6, 6.07) is 25.3. The lowest BCUT2D eigenvalue weighted by atomic mass is 9.88. The van der Waals surface area contributed by atoms with E-state index in [-0.39, 0.29) is 23.6 Å². The van der Waals surface area contributed by atoms with E-state index >= 15 is 0 Å². The Hall–Kier alpha value is -3.08. The van der Waals surface area contributed by atoms with Crippen molar-refractivity contribution in [3.05, 3.63) is 135 Å². The molecule has 12 nitrogen and oxygen atoms in total. The first-order valence-corrected chi connectivity index (χ1v) is 39.0. The molecule has 528 valence electrons. The molecule has 0 unspecified atom stereocenters. The fourth-order valence-corrected chi connectivity index (χ4v) is 18.0. The first-order valence-electron chi connectivity index (χ1n) is 36.0. The SMILES string of the molecule is CN(C(=O)Cc1ccc(Cl)c(Cl)c1)[C@H]1CCCC[C@@H]1N1CCCC1.CN(C(=O)Cc1ccc(Cl)c(Cl)c1)[C@H]1CCCC[C@@H]1N1CCCC1.CN(C(=O)Cc1ccc(Cl)c(Cl)c1)[C@H]1CCCC[C@@H]1N1CCCC1.CN(C(=O)Cc1ccc(Cl)c(Cl)c1)[C@H]1CCCC[C@@H]1N1CCCC1. The van der Waals surface area contributed by atoms with E-state index in [0.717, 1.165) is 47.9 Å². The van der Waals surface area contributed by atoms with E-state index in [9.17, 15) is 19.2 Å². The first kappa shape index (κ1) is 77.1. The van der Waals surface area contributed by atoms with Gasteiger partial charge in [-0.1, -0.05) is 168 Å². The molecule has 0 N–H and O–H groups in total. The highest BCUT2D eigenvalue weighted by Crippen LogP contribution is 2.36. The summed E-state index contributed by atoms with van der Waals surface area (Å²) in [6.07, 6.45) is 31.3. The van der Waals surface area contributed by atoms with Crippen LogP contribution in [0.4, 0.5) is 0 Å². The van der Waals surface area contributed by atoms with Gasteiger partial charge in [0.15, 0.2) is 0 Å². The van der Waals surface area contributed by atoms with Crippen molar-refractivity contribution in [1.82, 2.24) is 39.2 Å². The predicted octanol–water partition coefficient (Wildman–Crippen LogP) is 17.6. The van der Waals surface area contributed by atoms with E-state index in [1.54, 1.807) is 48.5 Å². The fraction of sp³-hybridized carbons (Fsp3) is 0.632. The number of rotatable bonds is 16. The van der Waals surface area contributed by atoms with Crippen LogP contribution in [-0.2, 0) is 44.9 Å². The molecule has 0 bridgehead atoms. The zero-order valence-corrected chi connectivity index (χ0v) is 63.3. The second-order valence-electron chi connectivity index (χ2n) is 28.4. The van der Waals surface area contributed by atoms with Gasteiger partial charge in [-0.3, -0.25) is 38.8 Å². The lowest BCUT2D eigenvalue weighted by Gasteiger charge is -2.42. The van der Waals surface area contributed by atoms with Gasteiger partial charge in [0.05, 0.1) is 65.9 Å². The average molecular weight is 1480 g/mol. The molecule has 4 saturated carbocycles. The Balaban J connectivity index is 0.000000150. The maximum atomic E-state index is 12.8. The zero-order chi connectivity index (χ0) is 68.4. The molecule has 8 aliphatic rings. The van der Waals surface area contributed by atoms with Crippen LogP contribution in [0.5, 0.6) is 0 Å². The van der Waals surface area contributed by atoms with Gasteiger partial charge in [-0.15, -0.1) is 0 Å². The minimum Gasteiger partial charge on any atom is -0.341 e. The Morgan fingerprint density at radius 1 is 0.281 bits per heavy atom. The van der Waals surface area contributed by atoms with Crippen molar-refractivity contribution in [3.63, 3.8) is 0 Å². The average Bonchev–Trinajstić information content (AvgIpc) is 1.38. The third kappa shape index (κ3) is 21.5. The molecule has 4 aliphatic heterocycles. The van der Waals surface area contributed by atoms with E-state index < -0.39 is 0 Å². The second kappa shape index (κ2) is 38.3. The molecule has 4 saturated heterocycles. The van der Waals surface area contributed by atoms with Crippen LogP contribution in [0.25, 0.3) is 0 Å². The Kier molecular flexibility index (Phi) is 30.7. The Labute approximate surface area is 614 Å². The number of nitrogens with zero attached hydrogens (tertiary/aromatic N) is 8.